The molecule has 2 heterocycles. The molecule has 0 saturated carbocycles. The van der Waals surface area contributed by atoms with E-state index in [1.54, 1.807) is 11.3 Å². The van der Waals surface area contributed by atoms with E-state index in [1.165, 1.54) is 23.3 Å². The van der Waals surface area contributed by atoms with Gasteiger partial charge in [-0.25, -0.2) is 4.98 Å². The highest BCUT2D eigenvalue weighted by Crippen LogP contribution is 2.34. The molecule has 19 heavy (non-hydrogen) atoms. The Morgan fingerprint density at radius 2 is 2.37 bits per heavy atom. The molecule has 0 spiro atoms. The summed E-state index contributed by atoms with van der Waals surface area (Å²) in [6.45, 7) is 2.04. The zero-order valence-electron chi connectivity index (χ0n) is 10.6. The van der Waals surface area contributed by atoms with Crippen LogP contribution in [0.1, 0.15) is 29.3 Å². The quantitative estimate of drug-likeness (QED) is 0.938. The number of anilines is 1. The normalized spacial score (nSPS) is 19.9. The number of nitrogens with two attached hydrogens (primary N) is 1. The van der Waals surface area contributed by atoms with E-state index in [1.807, 2.05) is 18.3 Å². The molecule has 2 N–H and O–H groups in total. The fourth-order valence-corrected chi connectivity index (χ4v) is 3.61. The van der Waals surface area contributed by atoms with Gasteiger partial charge in [-0.15, -0.1) is 11.3 Å². The Bertz CT molecular complexity index is 569. The van der Waals surface area contributed by atoms with Crippen LogP contribution < -0.4 is 5.73 Å². The van der Waals surface area contributed by atoms with Crippen LogP contribution in [0, 0.1) is 0 Å². The Kier molecular flexibility index (Phi) is 3.73. The molecule has 100 valence electrons. The molecule has 3 rings (SSSR count). The number of benzene rings is 1. The summed E-state index contributed by atoms with van der Waals surface area (Å²) in [5.41, 5.74) is 7.00. The van der Waals surface area contributed by atoms with Crippen LogP contribution in [0.25, 0.3) is 0 Å². The van der Waals surface area contributed by atoms with Gasteiger partial charge < -0.3 is 5.73 Å². The fraction of sp³-hybridized carbons (Fsp3) is 0.357. The SMILES string of the molecule is Nc1ncc(CN2CCCC2c2cccc(Cl)c2)s1. The maximum Gasteiger partial charge on any atom is 0.180 e. The summed E-state index contributed by atoms with van der Waals surface area (Å²) < 4.78 is 0. The highest BCUT2D eigenvalue weighted by Gasteiger charge is 2.26. The van der Waals surface area contributed by atoms with Crippen molar-refractivity contribution < 1.29 is 0 Å². The predicted molar refractivity (Wildman–Crippen MR) is 80.4 cm³/mol. The van der Waals surface area contributed by atoms with Crippen molar-refractivity contribution in [2.45, 2.75) is 25.4 Å². The number of thiazole rings is 1. The molecule has 1 aliphatic rings. The lowest BCUT2D eigenvalue weighted by molar-refractivity contribution is 0.250. The zero-order chi connectivity index (χ0) is 13.2. The van der Waals surface area contributed by atoms with Gasteiger partial charge in [0.05, 0.1) is 0 Å². The van der Waals surface area contributed by atoms with Crippen LogP contribution >= 0.6 is 22.9 Å². The van der Waals surface area contributed by atoms with Gasteiger partial charge in [-0.2, -0.15) is 0 Å². The summed E-state index contributed by atoms with van der Waals surface area (Å²) in [4.78, 5) is 7.83. The summed E-state index contributed by atoms with van der Waals surface area (Å²) >= 11 is 7.67. The summed E-state index contributed by atoms with van der Waals surface area (Å²) in [5, 5.41) is 1.46. The van der Waals surface area contributed by atoms with Crippen LogP contribution in [0.4, 0.5) is 5.13 Å². The van der Waals surface area contributed by atoms with Crippen LogP contribution in [-0.2, 0) is 6.54 Å². The third-order valence-electron chi connectivity index (χ3n) is 3.53. The van der Waals surface area contributed by atoms with Crippen LogP contribution in [0.5, 0.6) is 0 Å². The minimum absolute atomic E-state index is 0.460. The topological polar surface area (TPSA) is 42.1 Å². The van der Waals surface area contributed by atoms with E-state index < -0.39 is 0 Å². The van der Waals surface area contributed by atoms with Crippen molar-refractivity contribution in [1.29, 1.82) is 0 Å². The van der Waals surface area contributed by atoms with E-state index in [0.717, 1.165) is 18.1 Å². The van der Waals surface area contributed by atoms with Crippen LogP contribution in [0.3, 0.4) is 0 Å². The monoisotopic (exact) mass is 293 g/mol. The summed E-state index contributed by atoms with van der Waals surface area (Å²) in [7, 11) is 0. The van der Waals surface area contributed by atoms with E-state index in [0.29, 0.717) is 11.2 Å². The number of aromatic nitrogens is 1. The Balaban J connectivity index is 1.78. The molecule has 3 nitrogen and oxygen atoms in total. The molecular weight excluding hydrogens is 278 g/mol. The van der Waals surface area contributed by atoms with E-state index in [4.69, 9.17) is 17.3 Å². The molecule has 1 aliphatic heterocycles. The molecule has 0 radical (unpaired) electrons. The summed E-state index contributed by atoms with van der Waals surface area (Å²) in [6, 6.07) is 8.65. The Labute approximate surface area is 122 Å². The van der Waals surface area contributed by atoms with Crippen molar-refractivity contribution in [2.75, 3.05) is 12.3 Å². The molecule has 1 unspecified atom stereocenters. The third-order valence-corrected chi connectivity index (χ3v) is 4.57. The van der Waals surface area contributed by atoms with Gasteiger partial charge in [0, 0.05) is 28.7 Å². The van der Waals surface area contributed by atoms with E-state index in [-0.39, 0.29) is 0 Å². The van der Waals surface area contributed by atoms with Crippen molar-refractivity contribution in [3.63, 3.8) is 0 Å². The highest BCUT2D eigenvalue weighted by molar-refractivity contribution is 7.15. The number of halogens is 1. The van der Waals surface area contributed by atoms with Crippen molar-refractivity contribution in [1.82, 2.24) is 9.88 Å². The molecule has 1 fully saturated rings. The van der Waals surface area contributed by atoms with Gasteiger partial charge in [0.2, 0.25) is 0 Å². The van der Waals surface area contributed by atoms with Crippen molar-refractivity contribution in [3.05, 3.63) is 45.9 Å². The minimum Gasteiger partial charge on any atom is -0.375 e. The van der Waals surface area contributed by atoms with Gasteiger partial charge in [-0.05, 0) is 37.1 Å². The molecule has 1 aromatic carbocycles. The van der Waals surface area contributed by atoms with E-state index >= 15 is 0 Å². The second-order valence-corrected chi connectivity index (χ2v) is 6.43. The zero-order valence-corrected chi connectivity index (χ0v) is 12.1. The Morgan fingerprint density at radius 1 is 1.47 bits per heavy atom. The van der Waals surface area contributed by atoms with Crippen LogP contribution in [0.2, 0.25) is 5.02 Å². The van der Waals surface area contributed by atoms with Gasteiger partial charge in [0.15, 0.2) is 5.13 Å². The first kappa shape index (κ1) is 12.9. The van der Waals surface area contributed by atoms with E-state index in [2.05, 4.69) is 22.0 Å². The highest BCUT2D eigenvalue weighted by atomic mass is 35.5. The van der Waals surface area contributed by atoms with Crippen LogP contribution in [0.15, 0.2) is 30.5 Å². The number of rotatable bonds is 3. The first-order valence-corrected chi connectivity index (χ1v) is 7.61. The molecule has 1 atom stereocenters. The molecule has 1 aromatic heterocycles. The van der Waals surface area contributed by atoms with Crippen LogP contribution in [-0.4, -0.2) is 16.4 Å². The number of hydrogen-bond acceptors (Lipinski definition) is 4. The average Bonchev–Trinajstić information content (AvgIpc) is 2.99. The molecule has 5 heteroatoms. The molecular formula is C14H16ClN3S. The third kappa shape index (κ3) is 2.91. The maximum absolute atomic E-state index is 6.09. The van der Waals surface area contributed by atoms with Gasteiger partial charge in [0.1, 0.15) is 0 Å². The largest absolute Gasteiger partial charge is 0.375 e. The smallest absolute Gasteiger partial charge is 0.180 e. The van der Waals surface area contributed by atoms with Gasteiger partial charge >= 0.3 is 0 Å². The van der Waals surface area contributed by atoms with Crippen molar-refractivity contribution in [2.24, 2.45) is 0 Å². The fourth-order valence-electron chi connectivity index (χ4n) is 2.70. The first-order chi connectivity index (χ1) is 9.22. The Hall–Kier alpha value is -1.10. The lowest BCUT2D eigenvalue weighted by atomic mass is 10.0. The molecule has 0 amide bonds. The van der Waals surface area contributed by atoms with Crippen molar-refractivity contribution in [3.8, 4) is 0 Å². The molecule has 0 aliphatic carbocycles. The molecule has 1 saturated heterocycles. The number of hydrogen-bond donors (Lipinski definition) is 1. The summed E-state index contributed by atoms with van der Waals surface area (Å²) in [6.07, 6.45) is 4.30. The predicted octanol–water partition coefficient (Wildman–Crippen LogP) is 3.72. The van der Waals surface area contributed by atoms with Gasteiger partial charge in [-0.1, -0.05) is 23.7 Å². The number of likely N-dealkylation sites (tertiary alicyclic amines) is 1. The second kappa shape index (κ2) is 5.49. The minimum atomic E-state index is 0.460. The summed E-state index contributed by atoms with van der Waals surface area (Å²) in [5.74, 6) is 0. The lowest BCUT2D eigenvalue weighted by Gasteiger charge is -2.24. The van der Waals surface area contributed by atoms with E-state index in [9.17, 15) is 0 Å². The second-order valence-electron chi connectivity index (χ2n) is 4.85. The van der Waals surface area contributed by atoms with Gasteiger partial charge in [0.25, 0.3) is 0 Å². The number of nitrogen functional groups attached to an aromatic ring is 1. The first-order valence-electron chi connectivity index (χ1n) is 6.42. The lowest BCUT2D eigenvalue weighted by Crippen LogP contribution is -2.22. The average molecular weight is 294 g/mol. The van der Waals surface area contributed by atoms with Crippen molar-refractivity contribution >= 4 is 28.1 Å². The number of nitrogens with zero attached hydrogens (tertiary/aromatic N) is 2. The maximum atomic E-state index is 6.09. The molecule has 2 aromatic rings. The Morgan fingerprint density at radius 3 is 3.11 bits per heavy atom. The molecule has 0 bridgehead atoms. The van der Waals surface area contributed by atoms with Gasteiger partial charge in [-0.3, -0.25) is 4.90 Å². The standard InChI is InChI=1S/C14H16ClN3S/c15-11-4-1-3-10(7-11)13-5-2-6-18(13)9-12-8-17-14(16)19-12/h1,3-4,7-8,13H,2,5-6,9H2,(H2,16,17).